The van der Waals surface area contributed by atoms with Crippen molar-refractivity contribution in [2.45, 2.75) is 51.7 Å². The Morgan fingerprint density at radius 1 is 1.53 bits per heavy atom. The van der Waals surface area contributed by atoms with Gasteiger partial charge >= 0.3 is 0 Å². The standard InChI is InChI=1S/C12H19N5/c1-2-6-17-12(14-10-15-17)9-16-7-4-3-5-11(16)8-13/h10-11H,2-7,9H2,1H3. The van der Waals surface area contributed by atoms with Gasteiger partial charge in [0.05, 0.1) is 18.7 Å². The number of nitriles is 1. The minimum Gasteiger partial charge on any atom is -0.281 e. The van der Waals surface area contributed by atoms with Crippen LogP contribution < -0.4 is 0 Å². The van der Waals surface area contributed by atoms with Crippen molar-refractivity contribution in [3.05, 3.63) is 12.2 Å². The maximum Gasteiger partial charge on any atom is 0.141 e. The fourth-order valence-electron chi connectivity index (χ4n) is 2.32. The predicted octanol–water partition coefficient (Wildman–Crippen LogP) is 1.57. The second-order valence-corrected chi connectivity index (χ2v) is 4.51. The third-order valence-corrected chi connectivity index (χ3v) is 3.24. The topological polar surface area (TPSA) is 57.7 Å². The highest BCUT2D eigenvalue weighted by Gasteiger charge is 2.23. The SMILES string of the molecule is CCCn1ncnc1CN1CCCCC1C#N. The molecule has 0 aromatic carbocycles. The molecule has 0 saturated carbocycles. The van der Waals surface area contributed by atoms with Crippen LogP contribution in [0.1, 0.15) is 38.4 Å². The summed E-state index contributed by atoms with van der Waals surface area (Å²) in [5, 5.41) is 13.3. The first-order valence-electron chi connectivity index (χ1n) is 6.35. The monoisotopic (exact) mass is 233 g/mol. The maximum atomic E-state index is 9.13. The highest BCUT2D eigenvalue weighted by Crippen LogP contribution is 2.18. The van der Waals surface area contributed by atoms with E-state index in [1.54, 1.807) is 6.33 Å². The van der Waals surface area contributed by atoms with E-state index in [4.69, 9.17) is 5.26 Å². The van der Waals surface area contributed by atoms with Gasteiger partial charge in [-0.2, -0.15) is 10.4 Å². The van der Waals surface area contributed by atoms with E-state index in [-0.39, 0.29) is 6.04 Å². The summed E-state index contributed by atoms with van der Waals surface area (Å²) in [6, 6.07) is 2.44. The van der Waals surface area contributed by atoms with Crippen molar-refractivity contribution in [2.24, 2.45) is 0 Å². The van der Waals surface area contributed by atoms with Gasteiger partial charge in [0.1, 0.15) is 12.2 Å². The fraction of sp³-hybridized carbons (Fsp3) is 0.750. The van der Waals surface area contributed by atoms with E-state index >= 15 is 0 Å². The number of likely N-dealkylation sites (tertiary alicyclic amines) is 1. The Bertz CT molecular complexity index is 392. The predicted molar refractivity (Wildman–Crippen MR) is 64.0 cm³/mol. The van der Waals surface area contributed by atoms with E-state index in [1.165, 1.54) is 6.42 Å². The Morgan fingerprint density at radius 2 is 2.41 bits per heavy atom. The number of rotatable bonds is 4. The summed E-state index contributed by atoms with van der Waals surface area (Å²) in [6.07, 6.45) is 5.99. The molecule has 5 nitrogen and oxygen atoms in total. The summed E-state index contributed by atoms with van der Waals surface area (Å²) in [4.78, 5) is 6.52. The normalized spacial score (nSPS) is 21.3. The van der Waals surface area contributed by atoms with Crippen LogP contribution >= 0.6 is 0 Å². The smallest absolute Gasteiger partial charge is 0.141 e. The number of nitrogens with zero attached hydrogens (tertiary/aromatic N) is 5. The second-order valence-electron chi connectivity index (χ2n) is 4.51. The second kappa shape index (κ2) is 5.78. The van der Waals surface area contributed by atoms with Crippen LogP contribution in [0.25, 0.3) is 0 Å². The molecule has 1 fully saturated rings. The lowest BCUT2D eigenvalue weighted by Gasteiger charge is -2.30. The van der Waals surface area contributed by atoms with Crippen LogP contribution in [-0.2, 0) is 13.1 Å². The molecule has 1 aliphatic heterocycles. The molecule has 5 heteroatoms. The zero-order valence-electron chi connectivity index (χ0n) is 10.3. The summed E-state index contributed by atoms with van der Waals surface area (Å²) >= 11 is 0. The van der Waals surface area contributed by atoms with E-state index in [0.717, 1.165) is 44.7 Å². The lowest BCUT2D eigenvalue weighted by Crippen LogP contribution is -2.38. The number of aromatic nitrogens is 3. The largest absolute Gasteiger partial charge is 0.281 e. The van der Waals surface area contributed by atoms with Gasteiger partial charge in [-0.25, -0.2) is 9.67 Å². The summed E-state index contributed by atoms with van der Waals surface area (Å²) in [7, 11) is 0. The molecule has 0 bridgehead atoms. The molecule has 1 aliphatic rings. The van der Waals surface area contributed by atoms with Crippen LogP contribution in [0.5, 0.6) is 0 Å². The van der Waals surface area contributed by atoms with Crippen molar-refractivity contribution in [1.82, 2.24) is 19.7 Å². The van der Waals surface area contributed by atoms with E-state index in [1.807, 2.05) is 4.68 Å². The van der Waals surface area contributed by atoms with Crippen molar-refractivity contribution in [2.75, 3.05) is 6.54 Å². The molecule has 0 aliphatic carbocycles. The van der Waals surface area contributed by atoms with E-state index in [0.29, 0.717) is 0 Å². The molecule has 1 aromatic rings. The van der Waals surface area contributed by atoms with Gasteiger partial charge in [-0.05, 0) is 32.2 Å². The molecule has 2 heterocycles. The quantitative estimate of drug-likeness (QED) is 0.792. The van der Waals surface area contributed by atoms with Gasteiger partial charge in [0.15, 0.2) is 0 Å². The average Bonchev–Trinajstić information content (AvgIpc) is 2.78. The molecule has 1 saturated heterocycles. The zero-order valence-corrected chi connectivity index (χ0v) is 10.3. The Kier molecular flexibility index (Phi) is 4.10. The summed E-state index contributed by atoms with van der Waals surface area (Å²) in [5.41, 5.74) is 0. The summed E-state index contributed by atoms with van der Waals surface area (Å²) < 4.78 is 1.95. The number of hydrogen-bond acceptors (Lipinski definition) is 4. The van der Waals surface area contributed by atoms with Gasteiger partial charge in [-0.1, -0.05) is 6.92 Å². The van der Waals surface area contributed by atoms with Crippen LogP contribution in [0, 0.1) is 11.3 Å². The van der Waals surface area contributed by atoms with Crippen LogP contribution in [0.2, 0.25) is 0 Å². The van der Waals surface area contributed by atoms with Gasteiger partial charge in [-0.3, -0.25) is 4.90 Å². The Morgan fingerprint density at radius 3 is 3.18 bits per heavy atom. The summed E-state index contributed by atoms with van der Waals surface area (Å²) in [6.45, 7) is 4.78. The first-order chi connectivity index (χ1) is 8.35. The molecule has 1 atom stereocenters. The Balaban J connectivity index is 2.03. The molecular weight excluding hydrogens is 214 g/mol. The van der Waals surface area contributed by atoms with E-state index in [9.17, 15) is 0 Å². The molecule has 0 radical (unpaired) electrons. The molecular formula is C12H19N5. The van der Waals surface area contributed by atoms with Gasteiger partial charge in [0.25, 0.3) is 0 Å². The van der Waals surface area contributed by atoms with Crippen LogP contribution in [0.15, 0.2) is 6.33 Å². The van der Waals surface area contributed by atoms with Crippen molar-refractivity contribution in [3.8, 4) is 6.07 Å². The molecule has 0 spiro atoms. The van der Waals surface area contributed by atoms with Crippen molar-refractivity contribution < 1.29 is 0 Å². The highest BCUT2D eigenvalue weighted by atomic mass is 15.3. The lowest BCUT2D eigenvalue weighted by molar-refractivity contribution is 0.169. The number of piperidine rings is 1. The van der Waals surface area contributed by atoms with Crippen LogP contribution in [-0.4, -0.2) is 32.3 Å². The van der Waals surface area contributed by atoms with Gasteiger partial charge in [-0.15, -0.1) is 0 Å². The van der Waals surface area contributed by atoms with Gasteiger partial charge in [0, 0.05) is 6.54 Å². The third-order valence-electron chi connectivity index (χ3n) is 3.24. The summed E-state index contributed by atoms with van der Waals surface area (Å²) in [5.74, 6) is 0.981. The van der Waals surface area contributed by atoms with Gasteiger partial charge in [0.2, 0.25) is 0 Å². The Labute approximate surface area is 102 Å². The number of hydrogen-bond donors (Lipinski definition) is 0. The molecule has 2 rings (SSSR count). The highest BCUT2D eigenvalue weighted by molar-refractivity contribution is 4.96. The van der Waals surface area contributed by atoms with Crippen molar-refractivity contribution >= 4 is 0 Å². The molecule has 0 amide bonds. The fourth-order valence-corrected chi connectivity index (χ4v) is 2.32. The first kappa shape index (κ1) is 12.1. The van der Waals surface area contributed by atoms with E-state index < -0.39 is 0 Å². The molecule has 1 unspecified atom stereocenters. The lowest BCUT2D eigenvalue weighted by atomic mass is 10.0. The van der Waals surface area contributed by atoms with Crippen molar-refractivity contribution in [3.63, 3.8) is 0 Å². The molecule has 92 valence electrons. The molecule has 17 heavy (non-hydrogen) atoms. The van der Waals surface area contributed by atoms with Gasteiger partial charge < -0.3 is 0 Å². The minimum atomic E-state index is 0.0514. The average molecular weight is 233 g/mol. The third kappa shape index (κ3) is 2.83. The van der Waals surface area contributed by atoms with Crippen LogP contribution in [0.3, 0.4) is 0 Å². The Hall–Kier alpha value is -1.41. The van der Waals surface area contributed by atoms with E-state index in [2.05, 4.69) is 28.0 Å². The minimum absolute atomic E-state index is 0.0514. The first-order valence-corrected chi connectivity index (χ1v) is 6.35. The number of aryl methyl sites for hydroxylation is 1. The van der Waals surface area contributed by atoms with Crippen LogP contribution in [0.4, 0.5) is 0 Å². The zero-order chi connectivity index (χ0) is 12.1. The molecule has 0 N–H and O–H groups in total. The maximum absolute atomic E-state index is 9.13. The molecule has 1 aromatic heterocycles. The van der Waals surface area contributed by atoms with Crippen molar-refractivity contribution in [1.29, 1.82) is 5.26 Å².